The molecule has 87 heavy (non-hydrogen) atoms. The van der Waals surface area contributed by atoms with Crippen LogP contribution in [0.3, 0.4) is 0 Å². The smallest absolute Gasteiger partial charge is 0.0541 e. The first-order valence-corrected chi connectivity index (χ1v) is 30.7. The molecule has 17 aromatic rings. The molecule has 0 aliphatic heterocycles. The third kappa shape index (κ3) is 8.86. The fourth-order valence-corrected chi connectivity index (χ4v) is 14.7. The van der Waals surface area contributed by atoms with Crippen LogP contribution in [0.1, 0.15) is 0 Å². The summed E-state index contributed by atoms with van der Waals surface area (Å²) in [6.07, 6.45) is 0. The summed E-state index contributed by atoms with van der Waals surface area (Å²) in [5.74, 6) is 0. The number of benzene rings is 14. The third-order valence-corrected chi connectivity index (χ3v) is 18.9. The average molecular weight is 1120 g/mol. The minimum Gasteiger partial charge on any atom is -0.309 e. The number of fused-ring (bicyclic) bond motifs is 9. The van der Waals surface area contributed by atoms with E-state index in [4.69, 9.17) is 0 Å². The van der Waals surface area contributed by atoms with Crippen molar-refractivity contribution in [3.05, 3.63) is 328 Å². The molecule has 406 valence electrons. The second-order valence-corrected chi connectivity index (χ2v) is 23.9. The molecule has 17 rings (SSSR count). The fourth-order valence-electron chi connectivity index (χ4n) is 13.5. The molecule has 0 atom stereocenters. The van der Waals surface area contributed by atoms with Gasteiger partial charge in [-0.25, -0.2) is 0 Å². The highest BCUT2D eigenvalue weighted by Crippen LogP contribution is 2.46. The van der Waals surface area contributed by atoms with Crippen molar-refractivity contribution in [3.8, 4) is 100 Å². The summed E-state index contributed by atoms with van der Waals surface area (Å²) < 4.78 is 7.40. The number of para-hydroxylation sites is 3. The first-order chi connectivity index (χ1) is 43.1. The summed E-state index contributed by atoms with van der Waals surface area (Å²) in [6, 6.07) is 121. The van der Waals surface area contributed by atoms with Gasteiger partial charge in [-0.1, -0.05) is 212 Å². The van der Waals surface area contributed by atoms with Crippen molar-refractivity contribution in [1.29, 1.82) is 0 Å². The average Bonchev–Trinajstić information content (AvgIpc) is 3.24. The van der Waals surface area contributed by atoms with E-state index in [1.807, 2.05) is 11.3 Å². The van der Waals surface area contributed by atoms with Crippen molar-refractivity contribution in [3.63, 3.8) is 0 Å². The van der Waals surface area contributed by atoms with E-state index in [0.717, 1.165) is 11.4 Å². The molecule has 0 spiro atoms. The Bertz CT molecular complexity index is 5510. The lowest BCUT2D eigenvalue weighted by atomic mass is 9.92. The van der Waals surface area contributed by atoms with Crippen LogP contribution >= 0.6 is 11.3 Å². The van der Waals surface area contributed by atoms with E-state index in [1.165, 1.54) is 153 Å². The molecule has 3 heteroatoms. The van der Waals surface area contributed by atoms with Crippen molar-refractivity contribution >= 4 is 75.1 Å². The van der Waals surface area contributed by atoms with Crippen molar-refractivity contribution in [2.45, 2.75) is 0 Å². The van der Waals surface area contributed by atoms with Crippen molar-refractivity contribution in [2.75, 3.05) is 0 Å². The molecule has 0 saturated carbocycles. The van der Waals surface area contributed by atoms with Crippen LogP contribution < -0.4 is 0 Å². The lowest BCUT2D eigenvalue weighted by molar-refractivity contribution is 1.18. The van der Waals surface area contributed by atoms with Crippen LogP contribution in [0, 0.1) is 0 Å². The van der Waals surface area contributed by atoms with Gasteiger partial charge in [0, 0.05) is 58.7 Å². The third-order valence-electron chi connectivity index (χ3n) is 17.7. The van der Waals surface area contributed by atoms with E-state index in [2.05, 4.69) is 337 Å². The zero-order valence-corrected chi connectivity index (χ0v) is 48.3. The summed E-state index contributed by atoms with van der Waals surface area (Å²) in [5, 5.41) is 7.49. The summed E-state index contributed by atoms with van der Waals surface area (Å²) in [6.45, 7) is 0. The Labute approximate surface area is 509 Å². The second-order valence-electron chi connectivity index (χ2n) is 22.8. The van der Waals surface area contributed by atoms with Gasteiger partial charge in [0.05, 0.1) is 22.1 Å². The molecular formula is C84H54N2S. The Balaban J connectivity index is 0.750. The molecule has 0 amide bonds. The molecule has 3 heterocycles. The van der Waals surface area contributed by atoms with Gasteiger partial charge in [-0.15, -0.1) is 11.3 Å². The van der Waals surface area contributed by atoms with Crippen LogP contribution in [0.25, 0.3) is 164 Å². The largest absolute Gasteiger partial charge is 0.309 e. The van der Waals surface area contributed by atoms with Gasteiger partial charge in [0.15, 0.2) is 0 Å². The van der Waals surface area contributed by atoms with E-state index in [9.17, 15) is 0 Å². The maximum atomic E-state index is 2.44. The Morgan fingerprint density at radius 3 is 0.989 bits per heavy atom. The Hall–Kier alpha value is -11.1. The highest BCUT2D eigenvalue weighted by atomic mass is 32.1. The first-order valence-electron chi connectivity index (χ1n) is 29.9. The summed E-state index contributed by atoms with van der Waals surface area (Å²) in [7, 11) is 0. The zero-order chi connectivity index (χ0) is 57.4. The number of nitrogens with zero attached hydrogens (tertiary/aromatic N) is 2. The molecule has 0 radical (unpaired) electrons. The first kappa shape index (κ1) is 50.4. The number of thiophene rings is 1. The van der Waals surface area contributed by atoms with Crippen LogP contribution in [0.4, 0.5) is 0 Å². The number of aromatic nitrogens is 2. The molecule has 0 fully saturated rings. The minimum absolute atomic E-state index is 1.14. The molecule has 3 aromatic heterocycles. The zero-order valence-electron chi connectivity index (χ0n) is 47.5. The van der Waals surface area contributed by atoms with E-state index >= 15 is 0 Å². The predicted octanol–water partition coefficient (Wildman–Crippen LogP) is 23.6. The lowest BCUT2D eigenvalue weighted by Gasteiger charge is -2.12. The van der Waals surface area contributed by atoms with E-state index in [1.54, 1.807) is 0 Å². The maximum absolute atomic E-state index is 2.44. The molecule has 14 aromatic carbocycles. The highest BCUT2D eigenvalue weighted by Gasteiger charge is 2.20. The summed E-state index contributed by atoms with van der Waals surface area (Å²) >= 11 is 1.89. The second kappa shape index (κ2) is 20.9. The molecule has 0 N–H and O–H groups in total. The number of hydrogen-bond acceptors (Lipinski definition) is 1. The lowest BCUT2D eigenvalue weighted by Crippen LogP contribution is -1.93. The van der Waals surface area contributed by atoms with Crippen molar-refractivity contribution < 1.29 is 0 Å². The normalized spacial score (nSPS) is 11.7. The Morgan fingerprint density at radius 2 is 0.506 bits per heavy atom. The van der Waals surface area contributed by atoms with Crippen molar-refractivity contribution in [1.82, 2.24) is 9.13 Å². The molecule has 0 aliphatic carbocycles. The summed E-state index contributed by atoms with van der Waals surface area (Å²) in [4.78, 5) is 0. The van der Waals surface area contributed by atoms with Gasteiger partial charge in [0.25, 0.3) is 0 Å². The van der Waals surface area contributed by atoms with Crippen LogP contribution in [-0.2, 0) is 0 Å². The summed E-state index contributed by atoms with van der Waals surface area (Å²) in [5.41, 5.74) is 26.2. The molecule has 0 saturated heterocycles. The molecule has 0 unspecified atom stereocenters. The number of hydrogen-bond donors (Lipinski definition) is 0. The van der Waals surface area contributed by atoms with Gasteiger partial charge in [-0.05, 0) is 199 Å². The monoisotopic (exact) mass is 1120 g/mol. The Kier molecular flexibility index (Phi) is 12.1. The van der Waals surface area contributed by atoms with Gasteiger partial charge in [-0.2, -0.15) is 0 Å². The fraction of sp³-hybridized carbons (Fsp3) is 0. The van der Waals surface area contributed by atoms with Crippen LogP contribution in [0.5, 0.6) is 0 Å². The van der Waals surface area contributed by atoms with Crippen LogP contribution in [0.2, 0.25) is 0 Å². The molecule has 0 bridgehead atoms. The standard InChI is InChI=1S/C84H54N2S/c1-4-19-55(20-5-1)56-21-14-22-57(45-56)58-23-15-24-59(46-58)60-25-16-26-61(47-60)62-27-17-28-63(48-62)64-29-18-30-68(49-64)74-53-69(54-78-73-36-11-13-38-83(73)87-84(74)78)67-41-44-82-77(52-67)76-51-66(40-43-81(76)86(82)71-33-8-3-9-34-71)65-39-42-80-75(50-65)72-35-10-12-37-79(72)85(80)70-31-6-2-7-32-70/h1-54H. The van der Waals surface area contributed by atoms with Gasteiger partial charge in [0.2, 0.25) is 0 Å². The number of rotatable bonds is 10. The SMILES string of the molecule is c1ccc(-c2cccc(-c3cccc(-c4cccc(-c5cccc(-c6cccc(-c7cc(-c8ccc9c(c8)c8cc(-c%10ccc%11c(c%10)c%10ccccc%10n%11-c%10ccccc%10)ccc8n9-c8ccccc8)cc8c7sc7ccccc78)c6)c5)c4)c3)c2)cc1. The van der Waals surface area contributed by atoms with Crippen LogP contribution in [-0.4, -0.2) is 9.13 Å². The van der Waals surface area contributed by atoms with E-state index in [-0.39, 0.29) is 0 Å². The van der Waals surface area contributed by atoms with Crippen LogP contribution in [0.15, 0.2) is 328 Å². The molecule has 2 nitrogen and oxygen atoms in total. The minimum atomic E-state index is 1.14. The molecule has 0 aliphatic rings. The van der Waals surface area contributed by atoms with Gasteiger partial charge >= 0.3 is 0 Å². The maximum Gasteiger partial charge on any atom is 0.0541 e. The highest BCUT2D eigenvalue weighted by molar-refractivity contribution is 7.26. The van der Waals surface area contributed by atoms with Gasteiger partial charge in [-0.3, -0.25) is 0 Å². The van der Waals surface area contributed by atoms with Gasteiger partial charge in [0.1, 0.15) is 0 Å². The van der Waals surface area contributed by atoms with E-state index < -0.39 is 0 Å². The van der Waals surface area contributed by atoms with E-state index in [0.29, 0.717) is 0 Å². The molecular weight excluding hydrogens is 1070 g/mol. The van der Waals surface area contributed by atoms with Crippen molar-refractivity contribution in [2.24, 2.45) is 0 Å². The Morgan fingerprint density at radius 1 is 0.184 bits per heavy atom. The van der Waals surface area contributed by atoms with Gasteiger partial charge < -0.3 is 9.13 Å². The topological polar surface area (TPSA) is 9.86 Å². The predicted molar refractivity (Wildman–Crippen MR) is 371 cm³/mol. The quantitative estimate of drug-likeness (QED) is 0.129.